The fourth-order valence-corrected chi connectivity index (χ4v) is 0.689. The maximum absolute atomic E-state index is 5.19. The van der Waals surface area contributed by atoms with Gasteiger partial charge in [-0.3, -0.25) is 6.08 Å². The van der Waals surface area contributed by atoms with E-state index in [0.29, 0.717) is 0 Å². The van der Waals surface area contributed by atoms with Gasteiger partial charge in [0.2, 0.25) is 0 Å². The fraction of sp³-hybridized carbons (Fsp3) is 0.750. The third-order valence-electron chi connectivity index (χ3n) is 1.22. The molecular weight excluding hydrogens is 200 g/mol. The average Bonchev–Trinajstić information content (AvgIpc) is 1.81. The molecule has 0 saturated heterocycles. The molecule has 0 spiro atoms. The minimum Gasteiger partial charge on any atom is -1.00 e. The molecule has 0 aliphatic rings. The summed E-state index contributed by atoms with van der Waals surface area (Å²) in [6.45, 7) is 7.40. The SMILES string of the molecule is [Br-].[CH-]=CCCCCCC.[Mg+2]. The van der Waals surface area contributed by atoms with Gasteiger partial charge in [-0.2, -0.15) is 0 Å². The third kappa shape index (κ3) is 16.0. The molecule has 0 nitrogen and oxygen atoms in total. The van der Waals surface area contributed by atoms with Crippen LogP contribution in [-0.4, -0.2) is 23.1 Å². The number of unbranched alkanes of at least 4 members (excludes halogenated alkanes) is 4. The Morgan fingerprint density at radius 2 is 1.80 bits per heavy atom. The second kappa shape index (κ2) is 16.5. The Balaban J connectivity index is -0.000000245. The Hall–Kier alpha value is 0.986. The molecular formula is C8H15BrMg. The van der Waals surface area contributed by atoms with Gasteiger partial charge in [0.25, 0.3) is 0 Å². The number of halogens is 1. The first-order valence-corrected chi connectivity index (χ1v) is 3.45. The number of allylic oxidation sites excluding steroid dienone is 1. The Morgan fingerprint density at radius 3 is 2.20 bits per heavy atom. The largest absolute Gasteiger partial charge is 2.00 e. The Bertz CT molecular complexity index is 55.2. The number of rotatable bonds is 5. The topological polar surface area (TPSA) is 0 Å². The summed E-state index contributed by atoms with van der Waals surface area (Å²) in [6.07, 6.45) is 8.10. The van der Waals surface area contributed by atoms with E-state index in [0.717, 1.165) is 6.42 Å². The predicted octanol–water partition coefficient (Wildman–Crippen LogP) is -0.431. The van der Waals surface area contributed by atoms with Crippen molar-refractivity contribution in [3.63, 3.8) is 0 Å². The summed E-state index contributed by atoms with van der Waals surface area (Å²) in [5.74, 6) is 0. The van der Waals surface area contributed by atoms with E-state index in [4.69, 9.17) is 6.58 Å². The summed E-state index contributed by atoms with van der Waals surface area (Å²) in [4.78, 5) is 0. The molecule has 0 rings (SSSR count). The minimum atomic E-state index is 0. The summed E-state index contributed by atoms with van der Waals surface area (Å²) in [5, 5.41) is 0. The van der Waals surface area contributed by atoms with Gasteiger partial charge in [0.15, 0.2) is 0 Å². The molecule has 0 radical (unpaired) electrons. The Labute approximate surface area is 91.4 Å². The van der Waals surface area contributed by atoms with Gasteiger partial charge in [0.05, 0.1) is 0 Å². The summed E-state index contributed by atoms with van der Waals surface area (Å²) in [7, 11) is 0. The second-order valence-corrected chi connectivity index (χ2v) is 2.09. The standard InChI is InChI=1S/C8H15.BrH.Mg/c1-3-5-7-8-6-4-2;;/h1,3H,4-8H2,2H3;1H;/q-1;;+2/p-1. The van der Waals surface area contributed by atoms with E-state index in [1.54, 1.807) is 6.08 Å². The van der Waals surface area contributed by atoms with Crippen molar-refractivity contribution in [1.82, 2.24) is 0 Å². The monoisotopic (exact) mass is 214 g/mol. The normalized spacial score (nSPS) is 7.30. The molecule has 0 aromatic carbocycles. The van der Waals surface area contributed by atoms with Crippen molar-refractivity contribution in [2.45, 2.75) is 39.0 Å². The molecule has 0 aromatic rings. The summed E-state index contributed by atoms with van der Waals surface area (Å²) in [6, 6.07) is 0. The van der Waals surface area contributed by atoms with Gasteiger partial charge in [0.1, 0.15) is 0 Å². The third-order valence-corrected chi connectivity index (χ3v) is 1.22. The van der Waals surface area contributed by atoms with Crippen LogP contribution in [-0.2, 0) is 0 Å². The molecule has 0 aromatic heterocycles. The van der Waals surface area contributed by atoms with Crippen LogP contribution >= 0.6 is 0 Å². The van der Waals surface area contributed by atoms with Crippen LogP contribution < -0.4 is 17.0 Å². The number of hydrogen-bond donors (Lipinski definition) is 0. The van der Waals surface area contributed by atoms with Crippen LogP contribution in [0.15, 0.2) is 6.08 Å². The molecule has 56 valence electrons. The molecule has 0 bridgehead atoms. The van der Waals surface area contributed by atoms with Gasteiger partial charge in [-0.15, -0.1) is 0 Å². The van der Waals surface area contributed by atoms with Crippen LogP contribution in [0.4, 0.5) is 0 Å². The van der Waals surface area contributed by atoms with Crippen molar-refractivity contribution in [3.8, 4) is 0 Å². The van der Waals surface area contributed by atoms with E-state index in [1.165, 1.54) is 25.7 Å². The van der Waals surface area contributed by atoms with Crippen LogP contribution in [0.3, 0.4) is 0 Å². The Kier molecular flexibility index (Phi) is 28.4. The van der Waals surface area contributed by atoms with E-state index in [1.807, 2.05) is 0 Å². The summed E-state index contributed by atoms with van der Waals surface area (Å²) < 4.78 is 0. The van der Waals surface area contributed by atoms with E-state index in [9.17, 15) is 0 Å². The van der Waals surface area contributed by atoms with Crippen LogP contribution in [0.25, 0.3) is 0 Å². The molecule has 0 aliphatic heterocycles. The molecule has 0 heterocycles. The maximum atomic E-state index is 5.19. The van der Waals surface area contributed by atoms with Crippen LogP contribution in [0, 0.1) is 6.58 Å². The van der Waals surface area contributed by atoms with E-state index in [-0.39, 0.29) is 40.0 Å². The summed E-state index contributed by atoms with van der Waals surface area (Å²) in [5.41, 5.74) is 0. The maximum Gasteiger partial charge on any atom is 2.00 e. The quantitative estimate of drug-likeness (QED) is 0.332. The Morgan fingerprint density at radius 1 is 1.20 bits per heavy atom. The van der Waals surface area contributed by atoms with Crippen molar-refractivity contribution in [3.05, 3.63) is 12.7 Å². The molecule has 0 atom stereocenters. The molecule has 10 heavy (non-hydrogen) atoms. The summed E-state index contributed by atoms with van der Waals surface area (Å²) >= 11 is 0. The molecule has 2 heteroatoms. The predicted molar refractivity (Wildman–Crippen MR) is 43.4 cm³/mol. The smallest absolute Gasteiger partial charge is 1.00 e. The van der Waals surface area contributed by atoms with Gasteiger partial charge >= 0.3 is 23.1 Å². The van der Waals surface area contributed by atoms with E-state index in [2.05, 4.69) is 6.92 Å². The van der Waals surface area contributed by atoms with Gasteiger partial charge in [0, 0.05) is 0 Å². The van der Waals surface area contributed by atoms with Crippen LogP contribution in [0.2, 0.25) is 0 Å². The fourth-order valence-electron chi connectivity index (χ4n) is 0.689. The van der Waals surface area contributed by atoms with Crippen molar-refractivity contribution in [1.29, 1.82) is 0 Å². The van der Waals surface area contributed by atoms with Gasteiger partial charge in [-0.05, 0) is 0 Å². The molecule has 0 N–H and O–H groups in total. The van der Waals surface area contributed by atoms with Crippen LogP contribution in [0.1, 0.15) is 39.0 Å². The second-order valence-electron chi connectivity index (χ2n) is 2.09. The first-order chi connectivity index (χ1) is 3.91. The molecule has 0 fully saturated rings. The molecule has 0 aliphatic carbocycles. The van der Waals surface area contributed by atoms with E-state index < -0.39 is 0 Å². The van der Waals surface area contributed by atoms with Gasteiger partial charge in [-0.1, -0.05) is 39.0 Å². The zero-order valence-corrected chi connectivity index (χ0v) is 9.78. The van der Waals surface area contributed by atoms with Crippen molar-refractivity contribution < 1.29 is 17.0 Å². The average molecular weight is 215 g/mol. The first kappa shape index (κ1) is 17.2. The van der Waals surface area contributed by atoms with Gasteiger partial charge < -0.3 is 23.6 Å². The van der Waals surface area contributed by atoms with Crippen molar-refractivity contribution in [2.75, 3.05) is 0 Å². The zero-order valence-electron chi connectivity index (χ0n) is 6.78. The van der Waals surface area contributed by atoms with Gasteiger partial charge in [-0.25, -0.2) is 0 Å². The van der Waals surface area contributed by atoms with Crippen molar-refractivity contribution >= 4 is 23.1 Å². The molecule has 0 unspecified atom stereocenters. The zero-order chi connectivity index (χ0) is 6.24. The molecule has 0 saturated carbocycles. The van der Waals surface area contributed by atoms with Crippen LogP contribution in [0.5, 0.6) is 0 Å². The first-order valence-electron chi connectivity index (χ1n) is 3.45. The number of hydrogen-bond acceptors (Lipinski definition) is 0. The van der Waals surface area contributed by atoms with Crippen molar-refractivity contribution in [2.24, 2.45) is 0 Å². The van der Waals surface area contributed by atoms with E-state index >= 15 is 0 Å². The minimum absolute atomic E-state index is 0. The molecule has 0 amide bonds.